The number of ether oxygens (including phenoxy) is 1. The number of amides is 1. The zero-order valence-corrected chi connectivity index (χ0v) is 17.9. The highest BCUT2D eigenvalue weighted by Crippen LogP contribution is 2.41. The van der Waals surface area contributed by atoms with Gasteiger partial charge < -0.3 is 14.6 Å². The molecule has 0 unspecified atom stereocenters. The maximum atomic E-state index is 14.0. The summed E-state index contributed by atoms with van der Waals surface area (Å²) < 4.78 is 35.7. The summed E-state index contributed by atoms with van der Waals surface area (Å²) >= 11 is 0. The van der Waals surface area contributed by atoms with Crippen molar-refractivity contribution in [3.05, 3.63) is 36.0 Å². The smallest absolute Gasteiger partial charge is 0.303 e. The van der Waals surface area contributed by atoms with E-state index in [1.54, 1.807) is 25.3 Å². The van der Waals surface area contributed by atoms with Gasteiger partial charge in [-0.3, -0.25) is 4.79 Å². The second-order valence-corrected chi connectivity index (χ2v) is 8.03. The molecule has 7 nitrogen and oxygen atoms in total. The van der Waals surface area contributed by atoms with Crippen molar-refractivity contribution in [1.82, 2.24) is 19.5 Å². The summed E-state index contributed by atoms with van der Waals surface area (Å²) in [6, 6.07) is 3.66. The maximum absolute atomic E-state index is 14.0. The topological polar surface area (TPSA) is 81.9 Å². The minimum Gasteiger partial charge on any atom is -0.378 e. The predicted octanol–water partition coefficient (Wildman–Crippen LogP) is 4.61. The molecule has 0 aromatic carbocycles. The number of rotatable bonds is 6. The number of nitrogens with zero attached hydrogens (tertiary/aromatic N) is 4. The Labute approximate surface area is 178 Å². The molecule has 0 radical (unpaired) electrons. The van der Waals surface area contributed by atoms with Crippen LogP contribution in [0.3, 0.4) is 0 Å². The monoisotopic (exact) mass is 429 g/mol. The summed E-state index contributed by atoms with van der Waals surface area (Å²) in [6.07, 6.45) is 5.57. The van der Waals surface area contributed by atoms with Gasteiger partial charge in [0.15, 0.2) is 5.82 Å². The molecular weight excluding hydrogens is 404 g/mol. The molecule has 164 valence electrons. The van der Waals surface area contributed by atoms with E-state index in [0.29, 0.717) is 29.4 Å². The average molecular weight is 429 g/mol. The number of pyridine rings is 1. The van der Waals surface area contributed by atoms with Gasteiger partial charge >= 0.3 is 5.92 Å². The van der Waals surface area contributed by atoms with Crippen molar-refractivity contribution < 1.29 is 18.3 Å². The largest absolute Gasteiger partial charge is 0.378 e. The van der Waals surface area contributed by atoms with Gasteiger partial charge in [-0.25, -0.2) is 15.0 Å². The van der Waals surface area contributed by atoms with Gasteiger partial charge in [-0.05, 0) is 38.8 Å². The fourth-order valence-corrected chi connectivity index (χ4v) is 3.94. The van der Waals surface area contributed by atoms with E-state index in [0.717, 1.165) is 30.7 Å². The highest BCUT2D eigenvalue weighted by atomic mass is 19.3. The van der Waals surface area contributed by atoms with Crippen molar-refractivity contribution in [2.24, 2.45) is 0 Å². The van der Waals surface area contributed by atoms with Gasteiger partial charge in [0.25, 0.3) is 0 Å². The molecule has 0 aliphatic heterocycles. The molecule has 4 rings (SSSR count). The Balaban J connectivity index is 1.84. The van der Waals surface area contributed by atoms with Crippen LogP contribution in [0.1, 0.15) is 51.2 Å². The number of hydrogen-bond acceptors (Lipinski definition) is 5. The summed E-state index contributed by atoms with van der Waals surface area (Å²) in [7, 11) is 0. The number of fused-ring (bicyclic) bond motifs is 1. The van der Waals surface area contributed by atoms with E-state index in [1.807, 2.05) is 13.1 Å². The lowest BCUT2D eigenvalue weighted by Gasteiger charge is -2.36. The molecule has 0 saturated heterocycles. The minimum atomic E-state index is -3.15. The first kappa shape index (κ1) is 21.3. The standard InChI is InChI=1S/C22H25F2N5O2/c1-5-31-15-7-14(8-15)29-11-17(16-9-20(27-13(3)30)25-10-19(16)29)18-6-12(2)26-21(28-18)22(4,23)24/h6,9-11,14-15H,5,7-8H2,1-4H3,(H,25,27,30). The second kappa shape index (κ2) is 7.96. The number of hydrogen-bond donors (Lipinski definition) is 1. The summed E-state index contributed by atoms with van der Waals surface area (Å²) in [5.74, 6) is -3.51. The van der Waals surface area contributed by atoms with Crippen molar-refractivity contribution in [3.63, 3.8) is 0 Å². The van der Waals surface area contributed by atoms with Crippen LogP contribution in [0.5, 0.6) is 0 Å². The summed E-state index contributed by atoms with van der Waals surface area (Å²) in [6.45, 7) is 6.51. The van der Waals surface area contributed by atoms with E-state index in [9.17, 15) is 13.6 Å². The van der Waals surface area contributed by atoms with Crippen molar-refractivity contribution in [2.75, 3.05) is 11.9 Å². The first-order valence-corrected chi connectivity index (χ1v) is 10.3. The van der Waals surface area contributed by atoms with Gasteiger partial charge in [0, 0.05) is 49.3 Å². The quantitative estimate of drug-likeness (QED) is 0.619. The number of aromatic nitrogens is 4. The summed E-state index contributed by atoms with van der Waals surface area (Å²) in [5, 5.41) is 3.46. The van der Waals surface area contributed by atoms with Gasteiger partial charge in [-0.15, -0.1) is 0 Å². The Morgan fingerprint density at radius 3 is 2.71 bits per heavy atom. The predicted molar refractivity (Wildman–Crippen MR) is 113 cm³/mol. The molecule has 31 heavy (non-hydrogen) atoms. The van der Waals surface area contributed by atoms with Crippen LogP contribution < -0.4 is 5.32 Å². The first-order valence-electron chi connectivity index (χ1n) is 10.3. The zero-order chi connectivity index (χ0) is 22.3. The van der Waals surface area contributed by atoms with Crippen LogP contribution in [0.15, 0.2) is 24.5 Å². The molecule has 0 atom stereocenters. The van der Waals surface area contributed by atoms with Crippen LogP contribution in [-0.2, 0) is 15.5 Å². The lowest BCUT2D eigenvalue weighted by Crippen LogP contribution is -2.33. The number of anilines is 1. The number of halogens is 2. The molecule has 3 aromatic rings. The third-order valence-electron chi connectivity index (χ3n) is 5.41. The van der Waals surface area contributed by atoms with Crippen molar-refractivity contribution in [1.29, 1.82) is 0 Å². The van der Waals surface area contributed by atoms with Crippen LogP contribution in [0.2, 0.25) is 0 Å². The van der Waals surface area contributed by atoms with E-state index in [2.05, 4.69) is 24.8 Å². The van der Waals surface area contributed by atoms with Crippen LogP contribution in [-0.4, -0.2) is 38.1 Å². The fraction of sp³-hybridized carbons (Fsp3) is 0.455. The number of aryl methyl sites for hydroxylation is 1. The number of alkyl halides is 2. The summed E-state index contributed by atoms with van der Waals surface area (Å²) in [4.78, 5) is 23.9. The molecule has 1 saturated carbocycles. The Kier molecular flexibility index (Phi) is 5.47. The van der Waals surface area contributed by atoms with Gasteiger partial charge in [-0.1, -0.05) is 0 Å². The Hall–Kier alpha value is -2.94. The van der Waals surface area contributed by atoms with Crippen LogP contribution in [0, 0.1) is 6.92 Å². The van der Waals surface area contributed by atoms with Crippen molar-refractivity contribution in [3.8, 4) is 11.3 Å². The molecule has 1 aliphatic carbocycles. The molecular formula is C22H25F2N5O2. The molecule has 1 aliphatic rings. The van der Waals surface area contributed by atoms with Crippen LogP contribution in [0.4, 0.5) is 14.6 Å². The normalized spacial score (nSPS) is 18.8. The highest BCUT2D eigenvalue weighted by Gasteiger charge is 2.33. The first-order chi connectivity index (χ1) is 14.7. The zero-order valence-electron chi connectivity index (χ0n) is 17.9. The third-order valence-corrected chi connectivity index (χ3v) is 5.41. The van der Waals surface area contributed by atoms with Gasteiger partial charge in [0.05, 0.1) is 23.5 Å². The van der Waals surface area contributed by atoms with E-state index in [1.165, 1.54) is 6.92 Å². The molecule has 1 N–H and O–H groups in total. The SMILES string of the molecule is CCOC1CC(n2cc(-c3cc(C)nc(C(C)(F)F)n3)c3cc(NC(C)=O)ncc32)C1. The maximum Gasteiger partial charge on any atom is 0.303 e. The lowest BCUT2D eigenvalue weighted by molar-refractivity contribution is -0.114. The van der Waals surface area contributed by atoms with E-state index < -0.39 is 11.7 Å². The molecule has 3 aromatic heterocycles. The summed E-state index contributed by atoms with van der Waals surface area (Å²) in [5.41, 5.74) is 2.41. The van der Waals surface area contributed by atoms with Crippen molar-refractivity contribution in [2.45, 2.75) is 58.6 Å². The van der Waals surface area contributed by atoms with Crippen LogP contribution in [0.25, 0.3) is 22.2 Å². The molecule has 1 amide bonds. The molecule has 3 heterocycles. The van der Waals surface area contributed by atoms with Gasteiger partial charge in [0.2, 0.25) is 5.91 Å². The minimum absolute atomic E-state index is 0.217. The van der Waals surface area contributed by atoms with Gasteiger partial charge in [0.1, 0.15) is 5.82 Å². The molecule has 0 bridgehead atoms. The Bertz CT molecular complexity index is 1130. The number of nitrogens with one attached hydrogen (secondary N) is 1. The molecule has 9 heteroatoms. The van der Waals surface area contributed by atoms with E-state index in [-0.39, 0.29) is 18.1 Å². The highest BCUT2D eigenvalue weighted by molar-refractivity contribution is 5.98. The average Bonchev–Trinajstić information content (AvgIpc) is 3.01. The molecule has 0 spiro atoms. The third kappa shape index (κ3) is 4.27. The Morgan fingerprint density at radius 2 is 2.06 bits per heavy atom. The van der Waals surface area contributed by atoms with E-state index >= 15 is 0 Å². The number of carbonyl (C=O) groups excluding carboxylic acids is 1. The van der Waals surface area contributed by atoms with E-state index in [4.69, 9.17) is 4.74 Å². The van der Waals surface area contributed by atoms with Crippen molar-refractivity contribution >= 4 is 22.6 Å². The Morgan fingerprint density at radius 1 is 1.32 bits per heavy atom. The van der Waals surface area contributed by atoms with Crippen LogP contribution >= 0.6 is 0 Å². The number of carbonyl (C=O) groups is 1. The molecule has 1 fully saturated rings. The second-order valence-electron chi connectivity index (χ2n) is 8.03. The fourth-order valence-electron chi connectivity index (χ4n) is 3.94. The van der Waals surface area contributed by atoms with Gasteiger partial charge in [-0.2, -0.15) is 8.78 Å². The lowest BCUT2D eigenvalue weighted by atomic mass is 9.89.